The second-order valence-electron chi connectivity index (χ2n) is 6.22. The molecule has 0 saturated heterocycles. The molecule has 1 saturated carbocycles. The molecule has 0 bridgehead atoms. The van der Waals surface area contributed by atoms with E-state index in [1.807, 2.05) is 20.8 Å². The number of carbonyl (C=O) groups is 1. The van der Waals surface area contributed by atoms with Gasteiger partial charge in [-0.05, 0) is 45.4 Å². The van der Waals surface area contributed by atoms with Crippen molar-refractivity contribution in [2.75, 3.05) is 20.2 Å². The maximum atomic E-state index is 11.8. The van der Waals surface area contributed by atoms with Gasteiger partial charge < -0.3 is 19.1 Å². The molecule has 1 fully saturated rings. The second-order valence-corrected chi connectivity index (χ2v) is 12.6. The summed E-state index contributed by atoms with van der Waals surface area (Å²) in [5.41, 5.74) is -3.32. The molecular formula is C13H26NO4PS2. The van der Waals surface area contributed by atoms with Gasteiger partial charge in [-0.1, -0.05) is 24.2 Å². The number of likely N-dealkylation sites (N-methyl/N-ethyl adjacent to an activating group) is 1. The zero-order chi connectivity index (χ0) is 16.1. The van der Waals surface area contributed by atoms with Gasteiger partial charge in [0.15, 0.2) is 0 Å². The molecule has 1 unspecified atom stereocenters. The van der Waals surface area contributed by atoms with Gasteiger partial charge in [0.05, 0.1) is 6.61 Å². The number of ether oxygens (including phenoxy) is 1. The van der Waals surface area contributed by atoms with E-state index < -0.39 is 17.4 Å². The second kappa shape index (κ2) is 8.16. The number of nitrogens with zero attached hydrogens (tertiary/aromatic N) is 1. The molecular weight excluding hydrogens is 329 g/mol. The standard InChI is InChI=1S/C13H26NO4PS2/c1-13(2,3)18-12(15)14(4)9-10-17-19(16,20)21-11-7-5-6-8-11/h11H,5-10H2,1-4H3,(H,16,20). The maximum Gasteiger partial charge on any atom is 0.410 e. The topological polar surface area (TPSA) is 59.0 Å². The van der Waals surface area contributed by atoms with E-state index in [1.165, 1.54) is 29.1 Å². The quantitative estimate of drug-likeness (QED) is 0.732. The summed E-state index contributed by atoms with van der Waals surface area (Å²) in [5, 5.41) is 0.421. The molecule has 0 aromatic rings. The molecule has 1 amide bonds. The van der Waals surface area contributed by atoms with E-state index in [1.54, 1.807) is 7.05 Å². The Labute approximate surface area is 136 Å². The predicted molar refractivity (Wildman–Crippen MR) is 91.2 cm³/mol. The maximum absolute atomic E-state index is 11.8. The van der Waals surface area contributed by atoms with Crippen LogP contribution in [0.3, 0.4) is 0 Å². The van der Waals surface area contributed by atoms with Crippen LogP contribution < -0.4 is 0 Å². The van der Waals surface area contributed by atoms with Crippen LogP contribution in [-0.2, 0) is 21.1 Å². The van der Waals surface area contributed by atoms with Crippen LogP contribution in [-0.4, -0.2) is 46.9 Å². The summed E-state index contributed by atoms with van der Waals surface area (Å²) in [5.74, 6) is 0. The predicted octanol–water partition coefficient (Wildman–Crippen LogP) is 3.76. The third kappa shape index (κ3) is 8.41. The summed E-state index contributed by atoms with van der Waals surface area (Å²) in [6.45, 7) is 6.03. The van der Waals surface area contributed by atoms with E-state index in [2.05, 4.69) is 0 Å². The summed E-state index contributed by atoms with van der Waals surface area (Å²) >= 11 is 6.56. The van der Waals surface area contributed by atoms with E-state index >= 15 is 0 Å². The minimum absolute atomic E-state index is 0.225. The Balaban J connectivity index is 2.27. The SMILES string of the molecule is CN(CCOP(O)(=S)SC1CCCC1)C(=O)OC(C)(C)C. The minimum Gasteiger partial charge on any atom is -0.444 e. The zero-order valence-electron chi connectivity index (χ0n) is 13.2. The Morgan fingerprint density at radius 2 is 2.00 bits per heavy atom. The average molecular weight is 355 g/mol. The summed E-state index contributed by atoms with van der Waals surface area (Å²) in [6.07, 6.45) is 4.21. The number of hydrogen-bond acceptors (Lipinski definition) is 5. The van der Waals surface area contributed by atoms with E-state index in [0.717, 1.165) is 12.8 Å². The van der Waals surface area contributed by atoms with Crippen molar-refractivity contribution in [2.45, 2.75) is 57.3 Å². The summed E-state index contributed by atoms with van der Waals surface area (Å²) in [7, 11) is 1.64. The number of rotatable bonds is 6. The Morgan fingerprint density at radius 1 is 1.43 bits per heavy atom. The largest absolute Gasteiger partial charge is 0.444 e. The van der Waals surface area contributed by atoms with E-state index in [4.69, 9.17) is 21.1 Å². The first-order chi connectivity index (χ1) is 9.59. The molecule has 0 radical (unpaired) electrons. The molecule has 0 aromatic heterocycles. The van der Waals surface area contributed by atoms with E-state index in [0.29, 0.717) is 11.8 Å². The summed E-state index contributed by atoms with van der Waals surface area (Å²) in [6, 6.07) is 0. The molecule has 0 aliphatic heterocycles. The molecule has 0 spiro atoms. The van der Waals surface area contributed by atoms with Crippen molar-refractivity contribution < 1.29 is 18.9 Å². The highest BCUT2D eigenvalue weighted by Gasteiger charge is 2.25. The highest BCUT2D eigenvalue weighted by molar-refractivity contribution is 8.67. The third-order valence-corrected chi connectivity index (χ3v) is 7.62. The molecule has 0 heterocycles. The number of hydrogen-bond donors (Lipinski definition) is 1. The first kappa shape index (κ1) is 19.2. The molecule has 1 N–H and O–H groups in total. The van der Waals surface area contributed by atoms with Crippen LogP contribution in [0.1, 0.15) is 46.5 Å². The van der Waals surface area contributed by atoms with Crippen molar-refractivity contribution >= 4 is 35.0 Å². The molecule has 8 heteroatoms. The lowest BCUT2D eigenvalue weighted by Crippen LogP contribution is -2.35. The van der Waals surface area contributed by atoms with Crippen LogP contribution in [0.4, 0.5) is 4.79 Å². The van der Waals surface area contributed by atoms with Gasteiger partial charge in [0.25, 0.3) is 0 Å². The van der Waals surface area contributed by atoms with Crippen LogP contribution in [0.25, 0.3) is 0 Å². The lowest BCUT2D eigenvalue weighted by atomic mass is 10.2. The Kier molecular flexibility index (Phi) is 7.47. The lowest BCUT2D eigenvalue weighted by molar-refractivity contribution is 0.0279. The normalized spacial score (nSPS) is 19.3. The van der Waals surface area contributed by atoms with Crippen LogP contribution in [0.5, 0.6) is 0 Å². The molecule has 0 aromatic carbocycles. The Morgan fingerprint density at radius 3 is 2.52 bits per heavy atom. The van der Waals surface area contributed by atoms with Gasteiger partial charge in [-0.3, -0.25) is 0 Å². The summed E-state index contributed by atoms with van der Waals surface area (Å²) < 4.78 is 10.7. The first-order valence-electron chi connectivity index (χ1n) is 7.19. The van der Waals surface area contributed by atoms with Crippen LogP contribution in [0.15, 0.2) is 0 Å². The molecule has 1 aliphatic rings. The molecule has 124 valence electrons. The van der Waals surface area contributed by atoms with Crippen molar-refractivity contribution in [1.82, 2.24) is 4.90 Å². The minimum atomic E-state index is -2.80. The lowest BCUT2D eigenvalue weighted by Gasteiger charge is -2.25. The van der Waals surface area contributed by atoms with Crippen LogP contribution in [0, 0.1) is 0 Å². The van der Waals surface area contributed by atoms with Crippen molar-refractivity contribution in [3.8, 4) is 0 Å². The zero-order valence-corrected chi connectivity index (χ0v) is 15.7. The average Bonchev–Trinajstić information content (AvgIpc) is 2.78. The molecule has 1 rings (SSSR count). The number of amides is 1. The fourth-order valence-electron chi connectivity index (χ4n) is 1.94. The molecule has 5 nitrogen and oxygen atoms in total. The fourth-order valence-corrected chi connectivity index (χ4v) is 6.72. The van der Waals surface area contributed by atoms with Gasteiger partial charge in [0.2, 0.25) is 5.69 Å². The monoisotopic (exact) mass is 355 g/mol. The number of carbonyl (C=O) groups excluding carboxylic acids is 1. The van der Waals surface area contributed by atoms with E-state index in [-0.39, 0.29) is 6.61 Å². The molecule has 1 atom stereocenters. The van der Waals surface area contributed by atoms with Crippen LogP contribution >= 0.6 is 17.1 Å². The first-order valence-corrected chi connectivity index (χ1v) is 11.3. The van der Waals surface area contributed by atoms with Crippen molar-refractivity contribution in [3.05, 3.63) is 0 Å². The van der Waals surface area contributed by atoms with Gasteiger partial charge in [-0.2, -0.15) is 0 Å². The highest BCUT2D eigenvalue weighted by atomic mass is 32.9. The van der Waals surface area contributed by atoms with Crippen molar-refractivity contribution in [3.63, 3.8) is 0 Å². The van der Waals surface area contributed by atoms with Gasteiger partial charge in [-0.15, -0.1) is 0 Å². The van der Waals surface area contributed by atoms with Gasteiger partial charge in [0, 0.05) is 18.8 Å². The molecule has 1 aliphatic carbocycles. The Bertz CT molecular complexity index is 394. The smallest absolute Gasteiger partial charge is 0.410 e. The van der Waals surface area contributed by atoms with E-state index in [9.17, 15) is 9.69 Å². The summed E-state index contributed by atoms with van der Waals surface area (Å²) in [4.78, 5) is 23.3. The third-order valence-electron chi connectivity index (χ3n) is 2.97. The van der Waals surface area contributed by atoms with Crippen molar-refractivity contribution in [1.29, 1.82) is 0 Å². The Hall–Kier alpha value is 0.190. The highest BCUT2D eigenvalue weighted by Crippen LogP contribution is 2.60. The van der Waals surface area contributed by atoms with Gasteiger partial charge in [-0.25, -0.2) is 4.79 Å². The molecule has 21 heavy (non-hydrogen) atoms. The van der Waals surface area contributed by atoms with Gasteiger partial charge in [0.1, 0.15) is 5.60 Å². The van der Waals surface area contributed by atoms with Crippen LogP contribution in [0.2, 0.25) is 0 Å². The van der Waals surface area contributed by atoms with Gasteiger partial charge >= 0.3 is 6.09 Å². The fraction of sp³-hybridized carbons (Fsp3) is 0.923. The van der Waals surface area contributed by atoms with Crippen molar-refractivity contribution in [2.24, 2.45) is 0 Å².